The Morgan fingerprint density at radius 1 is 1.26 bits per heavy atom. The maximum Gasteiger partial charge on any atom is 0.433 e. The quantitative estimate of drug-likeness (QED) is 0.818. The summed E-state index contributed by atoms with van der Waals surface area (Å²) in [7, 11) is 0. The fourth-order valence-corrected chi connectivity index (χ4v) is 1.63. The van der Waals surface area contributed by atoms with Crippen LogP contribution in [-0.2, 0) is 6.18 Å². The number of carbonyl (C=O) groups is 1. The number of aromatic nitrogens is 1. The second-order valence-electron chi connectivity index (χ2n) is 3.62. The van der Waals surface area contributed by atoms with Crippen LogP contribution in [-0.4, -0.2) is 16.1 Å². The Morgan fingerprint density at radius 3 is 2.47 bits per heavy atom. The van der Waals surface area contributed by atoms with Gasteiger partial charge in [0.25, 0.3) is 0 Å². The number of aromatic carboxylic acids is 1. The van der Waals surface area contributed by atoms with Gasteiger partial charge in [0.2, 0.25) is 0 Å². The highest BCUT2D eigenvalue weighted by Crippen LogP contribution is 2.32. The molecule has 1 aromatic heterocycles. The summed E-state index contributed by atoms with van der Waals surface area (Å²) >= 11 is 0. The summed E-state index contributed by atoms with van der Waals surface area (Å²) in [5.41, 5.74) is -1.59. The van der Waals surface area contributed by atoms with E-state index in [2.05, 4.69) is 9.82 Å². The minimum absolute atomic E-state index is 0.0171. The first kappa shape index (κ1) is 13.1. The topological polar surface area (TPSA) is 85.4 Å². The number of rotatable bonds is 2. The third-order valence-electron chi connectivity index (χ3n) is 2.47. The van der Waals surface area contributed by atoms with Crippen LogP contribution in [0.3, 0.4) is 0 Å². The van der Waals surface area contributed by atoms with Crippen LogP contribution < -0.4 is 10.7 Å². The van der Waals surface area contributed by atoms with Crippen LogP contribution in [0.25, 0.3) is 10.9 Å². The Bertz CT molecular complexity index is 655. The van der Waals surface area contributed by atoms with Crippen molar-refractivity contribution in [2.45, 2.75) is 6.18 Å². The number of carboxylic acid groups (broad SMARTS) is 1. The molecule has 19 heavy (non-hydrogen) atoms. The molecule has 2 rings (SSSR count). The molecule has 1 aromatic carbocycles. The number of halogens is 3. The summed E-state index contributed by atoms with van der Waals surface area (Å²) in [5.74, 6) is 3.52. The first-order chi connectivity index (χ1) is 8.84. The fraction of sp³-hybridized carbons (Fsp3) is 0.0909. The Hall–Kier alpha value is -2.35. The van der Waals surface area contributed by atoms with E-state index in [0.717, 1.165) is 12.1 Å². The molecule has 5 nitrogen and oxygen atoms in total. The van der Waals surface area contributed by atoms with E-state index in [1.807, 2.05) is 0 Å². The van der Waals surface area contributed by atoms with E-state index in [9.17, 15) is 18.0 Å². The summed E-state index contributed by atoms with van der Waals surface area (Å²) in [4.78, 5) is 18.7. The third-order valence-corrected chi connectivity index (χ3v) is 2.47. The average Bonchev–Trinajstić information content (AvgIpc) is 2.35. The molecule has 8 heteroatoms. The van der Waals surface area contributed by atoms with Crippen LogP contribution in [0.1, 0.15) is 16.1 Å². The van der Waals surface area contributed by atoms with Crippen molar-refractivity contribution in [3.8, 4) is 5.75 Å². The van der Waals surface area contributed by atoms with Crippen molar-refractivity contribution in [1.29, 1.82) is 0 Å². The Morgan fingerprint density at radius 2 is 1.95 bits per heavy atom. The Kier molecular flexibility index (Phi) is 3.03. The molecule has 0 saturated carbocycles. The van der Waals surface area contributed by atoms with Crippen molar-refractivity contribution in [3.63, 3.8) is 0 Å². The largest absolute Gasteiger partial charge is 0.478 e. The lowest BCUT2D eigenvalue weighted by Gasteiger charge is -2.10. The van der Waals surface area contributed by atoms with Crippen molar-refractivity contribution < 1.29 is 27.9 Å². The highest BCUT2D eigenvalue weighted by Gasteiger charge is 2.33. The minimum atomic E-state index is -4.64. The van der Waals surface area contributed by atoms with Crippen molar-refractivity contribution >= 4 is 16.9 Å². The number of hydrogen-bond acceptors (Lipinski definition) is 4. The van der Waals surface area contributed by atoms with Gasteiger partial charge in [-0.3, -0.25) is 0 Å². The highest BCUT2D eigenvalue weighted by molar-refractivity contribution is 6.04. The van der Waals surface area contributed by atoms with Gasteiger partial charge in [-0.1, -0.05) is 0 Å². The molecule has 3 N–H and O–H groups in total. The van der Waals surface area contributed by atoms with Gasteiger partial charge in [0.1, 0.15) is 11.2 Å². The molecule has 0 atom stereocenters. The summed E-state index contributed by atoms with van der Waals surface area (Å²) in [5, 5.41) is 8.97. The zero-order chi connectivity index (χ0) is 14.2. The number of nitrogens with zero attached hydrogens (tertiary/aromatic N) is 1. The summed E-state index contributed by atoms with van der Waals surface area (Å²) in [6, 6.07) is 4.06. The number of fused-ring (bicyclic) bond motifs is 1. The monoisotopic (exact) mass is 272 g/mol. The fourth-order valence-electron chi connectivity index (χ4n) is 1.63. The van der Waals surface area contributed by atoms with Gasteiger partial charge in [-0.05, 0) is 24.3 Å². The van der Waals surface area contributed by atoms with Crippen LogP contribution in [0.5, 0.6) is 5.75 Å². The second-order valence-corrected chi connectivity index (χ2v) is 3.62. The smallest absolute Gasteiger partial charge is 0.433 e. The lowest BCUT2D eigenvalue weighted by molar-refractivity contribution is -0.140. The van der Waals surface area contributed by atoms with Gasteiger partial charge in [-0.2, -0.15) is 19.1 Å². The molecule has 0 amide bonds. The van der Waals surface area contributed by atoms with Crippen LogP contribution in [0.2, 0.25) is 0 Å². The van der Waals surface area contributed by atoms with Gasteiger partial charge in [0.05, 0.1) is 5.56 Å². The second kappa shape index (κ2) is 4.39. The van der Waals surface area contributed by atoms with Crippen molar-refractivity contribution in [2.75, 3.05) is 0 Å². The zero-order valence-electron chi connectivity index (χ0n) is 9.23. The van der Waals surface area contributed by atoms with Crippen LogP contribution in [0.15, 0.2) is 24.3 Å². The van der Waals surface area contributed by atoms with Gasteiger partial charge >= 0.3 is 12.1 Å². The molecule has 0 saturated heterocycles. The van der Waals surface area contributed by atoms with E-state index < -0.39 is 17.8 Å². The molecule has 0 radical (unpaired) electrons. The van der Waals surface area contributed by atoms with Crippen LogP contribution in [0.4, 0.5) is 13.2 Å². The lowest BCUT2D eigenvalue weighted by Crippen LogP contribution is -2.10. The number of alkyl halides is 3. The molecule has 1 heterocycles. The van der Waals surface area contributed by atoms with E-state index in [0.29, 0.717) is 6.07 Å². The highest BCUT2D eigenvalue weighted by atomic mass is 19.4. The van der Waals surface area contributed by atoms with Gasteiger partial charge in [-0.15, -0.1) is 0 Å². The van der Waals surface area contributed by atoms with E-state index >= 15 is 0 Å². The van der Waals surface area contributed by atoms with Crippen LogP contribution >= 0.6 is 0 Å². The molecule has 2 aromatic rings. The van der Waals surface area contributed by atoms with Crippen molar-refractivity contribution in [2.24, 2.45) is 5.90 Å². The Labute approximate surface area is 104 Å². The average molecular weight is 272 g/mol. The summed E-state index contributed by atoms with van der Waals surface area (Å²) in [6.45, 7) is 0. The molecule has 0 unspecified atom stereocenters. The van der Waals surface area contributed by atoms with Gasteiger partial charge in [-0.25, -0.2) is 9.78 Å². The lowest BCUT2D eigenvalue weighted by atomic mass is 10.1. The molecular formula is C11H7F3N2O3. The van der Waals surface area contributed by atoms with Crippen LogP contribution in [0, 0.1) is 0 Å². The number of benzene rings is 1. The predicted molar refractivity (Wildman–Crippen MR) is 58.5 cm³/mol. The van der Waals surface area contributed by atoms with E-state index in [1.165, 1.54) is 6.07 Å². The molecular weight excluding hydrogens is 265 g/mol. The first-order valence-corrected chi connectivity index (χ1v) is 4.95. The minimum Gasteiger partial charge on any atom is -0.478 e. The van der Waals surface area contributed by atoms with Gasteiger partial charge in [0.15, 0.2) is 5.75 Å². The number of pyridine rings is 1. The molecule has 100 valence electrons. The molecule has 0 aliphatic heterocycles. The maximum absolute atomic E-state index is 12.6. The Balaban J connectivity index is 2.80. The first-order valence-electron chi connectivity index (χ1n) is 4.95. The third kappa shape index (κ3) is 2.29. The number of nitrogens with two attached hydrogens (primary N) is 1. The van der Waals surface area contributed by atoms with E-state index in [-0.39, 0.29) is 22.2 Å². The zero-order valence-corrected chi connectivity index (χ0v) is 9.23. The molecule has 0 fully saturated rings. The van der Waals surface area contributed by atoms with Gasteiger partial charge in [0, 0.05) is 5.39 Å². The maximum atomic E-state index is 12.6. The van der Waals surface area contributed by atoms with E-state index in [1.54, 1.807) is 0 Å². The predicted octanol–water partition coefficient (Wildman–Crippen LogP) is 2.20. The van der Waals surface area contributed by atoms with Crippen molar-refractivity contribution in [3.05, 3.63) is 35.5 Å². The van der Waals surface area contributed by atoms with E-state index in [4.69, 9.17) is 11.0 Å². The normalized spacial score (nSPS) is 11.6. The standard InChI is InChI=1S/C11H7F3N2O3/c12-11(13,14)8-4-2-5-6(10(17)18)1-3-7(19-15)9(5)16-8/h1-4H,15H2,(H,17,18). The number of carboxylic acids is 1. The van der Waals surface area contributed by atoms with Crippen molar-refractivity contribution in [1.82, 2.24) is 4.98 Å². The number of hydrogen-bond donors (Lipinski definition) is 2. The SMILES string of the molecule is NOc1ccc(C(=O)O)c2ccc(C(F)(F)F)nc12. The summed E-state index contributed by atoms with van der Waals surface area (Å²) in [6.07, 6.45) is -4.64. The molecule has 0 aliphatic rings. The van der Waals surface area contributed by atoms with Gasteiger partial charge < -0.3 is 9.94 Å². The molecule has 0 bridgehead atoms. The molecule has 0 spiro atoms. The summed E-state index contributed by atoms with van der Waals surface area (Å²) < 4.78 is 37.7. The molecule has 0 aliphatic carbocycles.